The van der Waals surface area contributed by atoms with Crippen LogP contribution in [0.15, 0.2) is 48.5 Å². The zero-order valence-corrected chi connectivity index (χ0v) is 14.2. The van der Waals surface area contributed by atoms with E-state index in [9.17, 15) is 4.79 Å². The second-order valence-electron chi connectivity index (χ2n) is 6.38. The highest BCUT2D eigenvalue weighted by Gasteiger charge is 2.24. The Bertz CT molecular complexity index is 729. The van der Waals surface area contributed by atoms with Gasteiger partial charge >= 0.3 is 0 Å². The Balaban J connectivity index is 1.61. The number of hydrogen-bond acceptors (Lipinski definition) is 1. The molecule has 0 aromatic heterocycles. The Morgan fingerprint density at radius 1 is 1.08 bits per heavy atom. The summed E-state index contributed by atoms with van der Waals surface area (Å²) < 4.78 is 0. The maximum atomic E-state index is 12.6. The summed E-state index contributed by atoms with van der Waals surface area (Å²) in [6.45, 7) is 3.81. The molecule has 24 heavy (non-hydrogen) atoms. The van der Waals surface area contributed by atoms with Crippen molar-refractivity contribution in [1.29, 1.82) is 0 Å². The van der Waals surface area contributed by atoms with Gasteiger partial charge in [-0.1, -0.05) is 37.1 Å². The lowest BCUT2D eigenvalue weighted by atomic mass is 9.88. The van der Waals surface area contributed by atoms with E-state index in [4.69, 9.17) is 6.42 Å². The molecule has 0 N–H and O–H groups in total. The molecule has 0 radical (unpaired) electrons. The van der Waals surface area contributed by atoms with Gasteiger partial charge in [-0.05, 0) is 60.6 Å². The smallest absolute Gasteiger partial charge is 0.253 e. The van der Waals surface area contributed by atoms with Crippen LogP contribution in [-0.4, -0.2) is 23.9 Å². The summed E-state index contributed by atoms with van der Waals surface area (Å²) in [5.74, 6) is 3.25. The van der Waals surface area contributed by atoms with E-state index < -0.39 is 0 Å². The zero-order chi connectivity index (χ0) is 16.9. The minimum atomic E-state index is 0.110. The monoisotopic (exact) mass is 317 g/mol. The first kappa shape index (κ1) is 16.3. The summed E-state index contributed by atoms with van der Waals surface area (Å²) in [6.07, 6.45) is 8.49. The number of aryl methyl sites for hydroxylation is 1. The molecule has 1 fully saturated rings. The molecule has 3 rings (SSSR count). The molecule has 1 heterocycles. The topological polar surface area (TPSA) is 20.3 Å². The number of nitrogens with zero attached hydrogens (tertiary/aromatic N) is 1. The summed E-state index contributed by atoms with van der Waals surface area (Å²) in [5, 5.41) is 0. The highest BCUT2D eigenvalue weighted by atomic mass is 16.2. The quantitative estimate of drug-likeness (QED) is 0.775. The normalized spacial score (nSPS) is 15.1. The first-order valence-electron chi connectivity index (χ1n) is 8.66. The minimum absolute atomic E-state index is 0.110. The van der Waals surface area contributed by atoms with Crippen LogP contribution >= 0.6 is 0 Å². The molecule has 0 atom stereocenters. The zero-order valence-electron chi connectivity index (χ0n) is 14.2. The van der Waals surface area contributed by atoms with Crippen LogP contribution in [-0.2, 0) is 6.42 Å². The summed E-state index contributed by atoms with van der Waals surface area (Å²) in [7, 11) is 0. The van der Waals surface area contributed by atoms with Crippen LogP contribution in [0.2, 0.25) is 0 Å². The molecular formula is C22H23NO. The van der Waals surface area contributed by atoms with E-state index in [2.05, 4.69) is 37.1 Å². The summed E-state index contributed by atoms with van der Waals surface area (Å²) >= 11 is 0. The molecule has 0 bridgehead atoms. The van der Waals surface area contributed by atoms with Crippen molar-refractivity contribution < 1.29 is 4.79 Å². The van der Waals surface area contributed by atoms with Gasteiger partial charge < -0.3 is 4.90 Å². The molecule has 0 aliphatic carbocycles. The van der Waals surface area contributed by atoms with Crippen molar-refractivity contribution in [2.24, 2.45) is 0 Å². The molecule has 2 heteroatoms. The lowest BCUT2D eigenvalue weighted by Gasteiger charge is -2.32. The molecule has 0 unspecified atom stereocenters. The van der Waals surface area contributed by atoms with E-state index in [1.807, 2.05) is 29.2 Å². The van der Waals surface area contributed by atoms with Crippen LogP contribution in [0.3, 0.4) is 0 Å². The maximum Gasteiger partial charge on any atom is 0.253 e. The lowest BCUT2D eigenvalue weighted by molar-refractivity contribution is 0.0713. The molecule has 1 aliphatic rings. The van der Waals surface area contributed by atoms with E-state index in [-0.39, 0.29) is 5.91 Å². The number of rotatable bonds is 3. The van der Waals surface area contributed by atoms with Gasteiger partial charge in [-0.25, -0.2) is 0 Å². The number of likely N-dealkylation sites (tertiary alicyclic amines) is 1. The first-order valence-corrected chi connectivity index (χ1v) is 8.66. The van der Waals surface area contributed by atoms with Crippen molar-refractivity contribution in [1.82, 2.24) is 4.90 Å². The molecule has 0 saturated carbocycles. The van der Waals surface area contributed by atoms with Gasteiger partial charge in [0.05, 0.1) is 0 Å². The van der Waals surface area contributed by atoms with Crippen LogP contribution in [0.5, 0.6) is 0 Å². The Kier molecular flexibility index (Phi) is 5.01. The number of amides is 1. The van der Waals surface area contributed by atoms with Crippen molar-refractivity contribution in [3.05, 3.63) is 70.8 Å². The maximum absolute atomic E-state index is 12.6. The van der Waals surface area contributed by atoms with Crippen LogP contribution in [0.4, 0.5) is 0 Å². The van der Waals surface area contributed by atoms with Gasteiger partial charge in [-0.3, -0.25) is 4.79 Å². The molecule has 2 aromatic carbocycles. The molecule has 2 aromatic rings. The Morgan fingerprint density at radius 2 is 1.71 bits per heavy atom. The fourth-order valence-corrected chi connectivity index (χ4v) is 3.33. The van der Waals surface area contributed by atoms with E-state index >= 15 is 0 Å². The number of terminal acetylenes is 1. The number of piperidine rings is 1. The van der Waals surface area contributed by atoms with E-state index in [0.29, 0.717) is 5.92 Å². The van der Waals surface area contributed by atoms with Crippen LogP contribution in [0.1, 0.15) is 52.7 Å². The third kappa shape index (κ3) is 3.51. The molecule has 0 spiro atoms. The molecule has 1 aliphatic heterocycles. The Labute approximate surface area is 144 Å². The van der Waals surface area contributed by atoms with E-state index in [1.165, 1.54) is 11.1 Å². The van der Waals surface area contributed by atoms with Crippen molar-refractivity contribution in [3.63, 3.8) is 0 Å². The summed E-state index contributed by atoms with van der Waals surface area (Å²) in [6, 6.07) is 16.3. The Morgan fingerprint density at radius 3 is 2.25 bits per heavy atom. The largest absolute Gasteiger partial charge is 0.339 e. The van der Waals surface area contributed by atoms with Gasteiger partial charge in [-0.15, -0.1) is 6.42 Å². The van der Waals surface area contributed by atoms with Gasteiger partial charge in [0, 0.05) is 24.2 Å². The van der Waals surface area contributed by atoms with Gasteiger partial charge in [-0.2, -0.15) is 0 Å². The minimum Gasteiger partial charge on any atom is -0.339 e. The third-order valence-corrected chi connectivity index (χ3v) is 4.94. The van der Waals surface area contributed by atoms with Crippen LogP contribution in [0, 0.1) is 12.3 Å². The third-order valence-electron chi connectivity index (χ3n) is 4.94. The predicted octanol–water partition coefficient (Wildman–Crippen LogP) is 4.25. The second-order valence-corrected chi connectivity index (χ2v) is 6.38. The predicted molar refractivity (Wildman–Crippen MR) is 98.1 cm³/mol. The number of benzene rings is 2. The van der Waals surface area contributed by atoms with E-state index in [1.54, 1.807) is 0 Å². The first-order chi connectivity index (χ1) is 11.7. The second kappa shape index (κ2) is 7.36. The van der Waals surface area contributed by atoms with Crippen LogP contribution in [0.25, 0.3) is 0 Å². The average Bonchev–Trinajstić information content (AvgIpc) is 2.68. The molecule has 2 nitrogen and oxygen atoms in total. The number of carbonyl (C=O) groups is 1. The van der Waals surface area contributed by atoms with Crippen LogP contribution < -0.4 is 0 Å². The number of carbonyl (C=O) groups excluding carboxylic acids is 1. The van der Waals surface area contributed by atoms with Crippen molar-refractivity contribution in [2.45, 2.75) is 32.1 Å². The van der Waals surface area contributed by atoms with Gasteiger partial charge in [0.2, 0.25) is 0 Å². The van der Waals surface area contributed by atoms with Gasteiger partial charge in [0.1, 0.15) is 0 Å². The summed E-state index contributed by atoms with van der Waals surface area (Å²) in [4.78, 5) is 14.6. The fraction of sp³-hybridized carbons (Fsp3) is 0.318. The van der Waals surface area contributed by atoms with Crippen molar-refractivity contribution in [2.75, 3.05) is 13.1 Å². The fourth-order valence-electron chi connectivity index (χ4n) is 3.33. The molecule has 122 valence electrons. The molecule has 1 amide bonds. The van der Waals surface area contributed by atoms with Crippen molar-refractivity contribution >= 4 is 5.91 Å². The van der Waals surface area contributed by atoms with Gasteiger partial charge in [0.15, 0.2) is 0 Å². The summed E-state index contributed by atoms with van der Waals surface area (Å²) in [5.41, 5.74) is 4.31. The highest BCUT2D eigenvalue weighted by molar-refractivity contribution is 5.94. The SMILES string of the molecule is C#Cc1ccc(C(=O)N2CCC(c3ccc(CC)cc3)CC2)cc1. The molecule has 1 saturated heterocycles. The van der Waals surface area contributed by atoms with E-state index in [0.717, 1.165) is 43.5 Å². The van der Waals surface area contributed by atoms with Crippen molar-refractivity contribution in [3.8, 4) is 12.3 Å². The van der Waals surface area contributed by atoms with Gasteiger partial charge in [0.25, 0.3) is 5.91 Å². The molecular weight excluding hydrogens is 294 g/mol. The lowest BCUT2D eigenvalue weighted by Crippen LogP contribution is -2.37. The number of hydrogen-bond donors (Lipinski definition) is 0. The highest BCUT2D eigenvalue weighted by Crippen LogP contribution is 2.29. The standard InChI is InChI=1S/C22H23NO/c1-3-17-5-9-19(10-6-17)20-13-15-23(16-14-20)22(24)21-11-7-18(4-2)8-12-21/h2,5-12,20H,3,13-16H2,1H3. The average molecular weight is 317 g/mol. The Hall–Kier alpha value is -2.53.